The van der Waals surface area contributed by atoms with Gasteiger partial charge in [-0.25, -0.2) is 0 Å². The Morgan fingerprint density at radius 2 is 1.73 bits per heavy atom. The highest BCUT2D eigenvalue weighted by Gasteiger charge is 2.21. The van der Waals surface area contributed by atoms with E-state index >= 15 is 0 Å². The highest BCUT2D eigenvalue weighted by Crippen LogP contribution is 2.19. The van der Waals surface area contributed by atoms with Crippen LogP contribution in [0.15, 0.2) is 29.2 Å². The number of hydrogen-bond donors (Lipinski definition) is 3. The molecular formula is C18H33FN4O2S. The average Bonchev–Trinajstić information content (AvgIpc) is 2.66. The number of amides is 2. The third kappa shape index (κ3) is 12.7. The van der Waals surface area contributed by atoms with Crippen molar-refractivity contribution < 1.29 is 13.5 Å². The maximum atomic E-state index is 12.4. The van der Waals surface area contributed by atoms with Crippen LogP contribution in [0.4, 0.5) is 3.89 Å². The van der Waals surface area contributed by atoms with Gasteiger partial charge in [0.25, 0.3) is 0 Å². The van der Waals surface area contributed by atoms with Crippen LogP contribution >= 0.6 is 12.1 Å². The molecule has 6 nitrogen and oxygen atoms in total. The van der Waals surface area contributed by atoms with Crippen LogP contribution in [0.25, 0.3) is 0 Å². The predicted molar refractivity (Wildman–Crippen MR) is 107 cm³/mol. The summed E-state index contributed by atoms with van der Waals surface area (Å²) in [5.74, 6) is -0.849. The van der Waals surface area contributed by atoms with Gasteiger partial charge in [-0.05, 0) is 51.2 Å². The molecule has 1 rings (SSSR count). The Hall–Kier alpha value is -1.64. The maximum absolute atomic E-state index is 12.4. The fourth-order valence-electron chi connectivity index (χ4n) is 1.70. The molecule has 1 aromatic carbocycles. The second-order valence-corrected chi connectivity index (χ2v) is 6.00. The van der Waals surface area contributed by atoms with Crippen molar-refractivity contribution in [3.63, 3.8) is 0 Å². The Labute approximate surface area is 161 Å². The summed E-state index contributed by atoms with van der Waals surface area (Å²) in [5.41, 5.74) is 10.9. The highest BCUT2D eigenvalue weighted by molar-refractivity contribution is 7.94. The first-order chi connectivity index (χ1) is 12.3. The second kappa shape index (κ2) is 16.8. The zero-order valence-electron chi connectivity index (χ0n) is 16.4. The van der Waals surface area contributed by atoms with Gasteiger partial charge < -0.3 is 16.8 Å². The Morgan fingerprint density at radius 3 is 2.08 bits per heavy atom. The number of carbonyl (C=O) groups excluding carboxylic acids is 2. The molecule has 0 spiro atoms. The van der Waals surface area contributed by atoms with E-state index in [4.69, 9.17) is 11.5 Å². The van der Waals surface area contributed by atoms with Crippen molar-refractivity contribution in [1.82, 2.24) is 10.2 Å². The molecule has 0 heterocycles. The van der Waals surface area contributed by atoms with Crippen molar-refractivity contribution in [2.75, 3.05) is 27.2 Å². The van der Waals surface area contributed by atoms with Gasteiger partial charge in [0.15, 0.2) is 0 Å². The van der Waals surface area contributed by atoms with Gasteiger partial charge in [-0.15, -0.1) is 0 Å². The molecule has 26 heavy (non-hydrogen) atoms. The van der Waals surface area contributed by atoms with Gasteiger partial charge in [-0.2, -0.15) is 3.89 Å². The summed E-state index contributed by atoms with van der Waals surface area (Å²) in [5, 5.41) is 2.49. The van der Waals surface area contributed by atoms with Gasteiger partial charge in [-0.1, -0.05) is 32.9 Å². The first-order valence-corrected chi connectivity index (χ1v) is 9.37. The van der Waals surface area contributed by atoms with Crippen molar-refractivity contribution in [2.24, 2.45) is 11.5 Å². The van der Waals surface area contributed by atoms with Crippen LogP contribution in [0.5, 0.6) is 0 Å². The van der Waals surface area contributed by atoms with E-state index in [0.717, 1.165) is 18.5 Å². The summed E-state index contributed by atoms with van der Waals surface area (Å²) < 4.78 is 12.4. The molecule has 0 aliphatic heterocycles. The first-order valence-electron chi connectivity index (χ1n) is 8.65. The monoisotopic (exact) mass is 388 g/mol. The zero-order chi connectivity index (χ0) is 20.5. The Kier molecular flexibility index (Phi) is 17.2. The largest absolute Gasteiger partial charge is 0.368 e. The lowest BCUT2D eigenvalue weighted by atomic mass is 10.0. The minimum atomic E-state index is -0.583. The third-order valence-electron chi connectivity index (χ3n) is 3.09. The van der Waals surface area contributed by atoms with E-state index in [1.807, 2.05) is 13.8 Å². The summed E-state index contributed by atoms with van der Waals surface area (Å²) in [4.78, 5) is 25.0. The van der Waals surface area contributed by atoms with Crippen LogP contribution in [-0.2, 0) is 16.0 Å². The van der Waals surface area contributed by atoms with E-state index in [2.05, 4.69) is 12.2 Å². The molecule has 0 aliphatic rings. The number of halogens is 1. The Balaban J connectivity index is 0. The molecular weight excluding hydrogens is 355 g/mol. The van der Waals surface area contributed by atoms with E-state index in [0.29, 0.717) is 11.3 Å². The van der Waals surface area contributed by atoms with E-state index in [9.17, 15) is 13.5 Å². The number of hydrogen-bond acceptors (Lipinski definition) is 5. The van der Waals surface area contributed by atoms with Gasteiger partial charge in [-0.3, -0.25) is 14.5 Å². The normalized spacial score (nSPS) is 10.8. The number of nitrogens with zero attached hydrogens (tertiary/aromatic N) is 1. The summed E-state index contributed by atoms with van der Waals surface area (Å²) in [6.07, 6.45) is 1.56. The van der Waals surface area contributed by atoms with Crippen LogP contribution in [-0.4, -0.2) is 49.9 Å². The summed E-state index contributed by atoms with van der Waals surface area (Å²) >= 11 is 0.179. The summed E-state index contributed by atoms with van der Waals surface area (Å²) in [7, 11) is 3.56. The fourth-order valence-corrected chi connectivity index (χ4v) is 1.94. The predicted octanol–water partition coefficient (Wildman–Crippen LogP) is 2.12. The quantitative estimate of drug-likeness (QED) is 0.633. The molecule has 5 N–H and O–H groups in total. The molecule has 1 aromatic rings. The highest BCUT2D eigenvalue weighted by atomic mass is 32.2. The number of likely N-dealkylation sites (N-methyl/N-ethyl adjacent to an activating group) is 1. The molecule has 8 heteroatoms. The summed E-state index contributed by atoms with van der Waals surface area (Å²) in [6.45, 7) is 6.70. The minimum Gasteiger partial charge on any atom is -0.368 e. The van der Waals surface area contributed by atoms with Crippen LogP contribution in [0.1, 0.15) is 32.8 Å². The van der Waals surface area contributed by atoms with Crippen LogP contribution < -0.4 is 16.8 Å². The lowest BCUT2D eigenvalue weighted by Crippen LogP contribution is -2.47. The molecule has 0 bridgehead atoms. The van der Waals surface area contributed by atoms with Crippen LogP contribution in [0, 0.1) is 0 Å². The number of benzene rings is 1. The number of carbonyl (C=O) groups is 2. The molecule has 0 aliphatic carbocycles. The first kappa shape index (κ1) is 26.6. The Morgan fingerprint density at radius 1 is 1.23 bits per heavy atom. The smallest absolute Gasteiger partial charge is 0.238 e. The lowest BCUT2D eigenvalue weighted by molar-refractivity contribution is -0.128. The van der Waals surface area contributed by atoms with Gasteiger partial charge in [0.1, 0.15) is 0 Å². The van der Waals surface area contributed by atoms with Crippen molar-refractivity contribution in [3.8, 4) is 0 Å². The van der Waals surface area contributed by atoms with E-state index < -0.39 is 11.9 Å². The zero-order valence-corrected chi connectivity index (χ0v) is 17.2. The topological polar surface area (TPSA) is 101 Å². The standard InChI is InChI=1S/C13H18FN3O2S.C3H9N.C2H6/c1-17(2)11(13(19)16-8-12(15)18)7-9-3-5-10(20-14)6-4-9;1-2-3-4;1-2/h3-6,11H,7-8H2,1-2H3,(H2,15,18)(H,16,19);2-4H2,1H3;1-2H3. The van der Waals surface area contributed by atoms with Gasteiger partial charge in [0.05, 0.1) is 24.7 Å². The van der Waals surface area contributed by atoms with Gasteiger partial charge in [0.2, 0.25) is 11.8 Å². The fraction of sp³-hybridized carbons (Fsp3) is 0.556. The Bertz CT molecular complexity index is 496. The van der Waals surface area contributed by atoms with Gasteiger partial charge in [0, 0.05) is 4.90 Å². The van der Waals surface area contributed by atoms with E-state index in [-0.39, 0.29) is 24.6 Å². The minimum absolute atomic E-state index is 0.179. The molecule has 0 saturated heterocycles. The number of nitrogens with one attached hydrogen (secondary N) is 1. The van der Waals surface area contributed by atoms with Crippen molar-refractivity contribution in [2.45, 2.75) is 44.6 Å². The molecule has 0 radical (unpaired) electrons. The molecule has 150 valence electrons. The van der Waals surface area contributed by atoms with Gasteiger partial charge >= 0.3 is 0 Å². The number of nitrogens with two attached hydrogens (primary N) is 2. The molecule has 0 saturated carbocycles. The number of primary amides is 1. The van der Waals surface area contributed by atoms with Crippen molar-refractivity contribution in [3.05, 3.63) is 29.8 Å². The summed E-state index contributed by atoms with van der Waals surface area (Å²) in [6, 6.07) is 6.46. The van der Waals surface area contributed by atoms with Crippen molar-refractivity contribution >= 4 is 24.0 Å². The molecule has 2 amide bonds. The SMILES string of the molecule is CC.CCCN.CN(C)C(Cc1ccc(SF)cc1)C(=O)NCC(N)=O. The third-order valence-corrected chi connectivity index (χ3v) is 3.54. The average molecular weight is 389 g/mol. The molecule has 1 unspecified atom stereocenters. The second-order valence-electron chi connectivity index (χ2n) is 5.38. The van der Waals surface area contributed by atoms with E-state index in [1.165, 1.54) is 0 Å². The number of rotatable bonds is 8. The van der Waals surface area contributed by atoms with Crippen LogP contribution in [0.3, 0.4) is 0 Å². The van der Waals surface area contributed by atoms with Crippen LogP contribution in [0.2, 0.25) is 0 Å². The molecule has 0 aromatic heterocycles. The van der Waals surface area contributed by atoms with E-state index in [1.54, 1.807) is 43.3 Å². The van der Waals surface area contributed by atoms with Crippen molar-refractivity contribution in [1.29, 1.82) is 0 Å². The molecule has 0 fully saturated rings. The molecule has 1 atom stereocenters. The maximum Gasteiger partial charge on any atom is 0.238 e. The lowest BCUT2D eigenvalue weighted by Gasteiger charge is -2.23.